The van der Waals surface area contributed by atoms with Crippen LogP contribution in [-0.2, 0) is 0 Å². The molecule has 2 heterocycles. The maximum atomic E-state index is 11.9. The number of carbonyl (C=O) groups excluding carboxylic acids is 2. The van der Waals surface area contributed by atoms with Crippen molar-refractivity contribution in [2.24, 2.45) is 0 Å². The number of furan rings is 1. The minimum Gasteiger partial charge on any atom is -0.457 e. The van der Waals surface area contributed by atoms with Crippen molar-refractivity contribution in [1.29, 1.82) is 0 Å². The van der Waals surface area contributed by atoms with E-state index < -0.39 is 0 Å². The van der Waals surface area contributed by atoms with Crippen LogP contribution in [0.1, 0.15) is 33.4 Å². The Kier molecular flexibility index (Phi) is 4.55. The van der Waals surface area contributed by atoms with Crippen LogP contribution in [0.4, 0.5) is 0 Å². The molecule has 0 spiro atoms. The molecule has 1 amide bonds. The SMILES string of the molecule is C[C@H](CC(=O)c1cccs1)NC(=O)c1coc(Br)c1. The summed E-state index contributed by atoms with van der Waals surface area (Å²) in [4.78, 5) is 24.4. The third-order valence-corrected chi connectivity index (χ3v) is 3.82. The number of halogens is 1. The molecule has 0 aliphatic heterocycles. The monoisotopic (exact) mass is 341 g/mol. The lowest BCUT2D eigenvalue weighted by Crippen LogP contribution is -2.33. The van der Waals surface area contributed by atoms with Gasteiger partial charge in [0.2, 0.25) is 0 Å². The third kappa shape index (κ3) is 3.78. The highest BCUT2D eigenvalue weighted by Gasteiger charge is 2.16. The molecule has 2 aromatic rings. The zero-order chi connectivity index (χ0) is 13.8. The molecule has 1 atom stereocenters. The number of rotatable bonds is 5. The van der Waals surface area contributed by atoms with Gasteiger partial charge in [-0.2, -0.15) is 0 Å². The fourth-order valence-electron chi connectivity index (χ4n) is 1.60. The van der Waals surface area contributed by atoms with E-state index in [9.17, 15) is 9.59 Å². The molecule has 0 aliphatic carbocycles. The van der Waals surface area contributed by atoms with Gasteiger partial charge in [-0.05, 0) is 34.3 Å². The summed E-state index contributed by atoms with van der Waals surface area (Å²) in [6.45, 7) is 1.80. The van der Waals surface area contributed by atoms with E-state index in [4.69, 9.17) is 4.42 Å². The predicted octanol–water partition coefficient (Wildman–Crippen LogP) is 3.49. The second-order valence-corrected chi connectivity index (χ2v) is 5.85. The van der Waals surface area contributed by atoms with Crippen molar-refractivity contribution in [3.63, 3.8) is 0 Å². The zero-order valence-corrected chi connectivity index (χ0v) is 12.6. The number of Topliss-reactive ketones (excluding diaryl/α,β-unsaturated/α-hetero) is 1. The Bertz CT molecular complexity index is 576. The molecule has 0 unspecified atom stereocenters. The molecule has 6 heteroatoms. The lowest BCUT2D eigenvalue weighted by atomic mass is 10.1. The van der Waals surface area contributed by atoms with Crippen LogP contribution >= 0.6 is 27.3 Å². The molecule has 100 valence electrons. The van der Waals surface area contributed by atoms with Crippen LogP contribution < -0.4 is 5.32 Å². The minimum absolute atomic E-state index is 0.0381. The summed E-state index contributed by atoms with van der Waals surface area (Å²) < 4.78 is 5.50. The molecule has 4 nitrogen and oxygen atoms in total. The molecule has 0 aromatic carbocycles. The number of ketones is 1. The first-order valence-corrected chi connectivity index (χ1v) is 7.35. The number of hydrogen-bond acceptors (Lipinski definition) is 4. The topological polar surface area (TPSA) is 59.3 Å². The van der Waals surface area contributed by atoms with E-state index in [2.05, 4.69) is 21.2 Å². The molecule has 0 saturated carbocycles. The highest BCUT2D eigenvalue weighted by atomic mass is 79.9. The highest BCUT2D eigenvalue weighted by Crippen LogP contribution is 2.15. The minimum atomic E-state index is -0.249. The lowest BCUT2D eigenvalue weighted by molar-refractivity contribution is 0.0919. The van der Waals surface area contributed by atoms with Gasteiger partial charge in [0.15, 0.2) is 10.5 Å². The number of amides is 1. The van der Waals surface area contributed by atoms with E-state index in [0.29, 0.717) is 15.1 Å². The van der Waals surface area contributed by atoms with E-state index in [1.807, 2.05) is 11.4 Å². The summed E-state index contributed by atoms with van der Waals surface area (Å²) in [7, 11) is 0. The fraction of sp³-hybridized carbons (Fsp3) is 0.231. The average Bonchev–Trinajstić information content (AvgIpc) is 2.98. The molecule has 2 rings (SSSR count). The van der Waals surface area contributed by atoms with Crippen LogP contribution in [0.15, 0.2) is 38.9 Å². The second kappa shape index (κ2) is 6.16. The van der Waals surface area contributed by atoms with Crippen LogP contribution in [0.5, 0.6) is 0 Å². The van der Waals surface area contributed by atoms with E-state index >= 15 is 0 Å². The Labute approximate surface area is 122 Å². The van der Waals surface area contributed by atoms with Crippen LogP contribution in [-0.4, -0.2) is 17.7 Å². The van der Waals surface area contributed by atoms with Crippen molar-refractivity contribution in [3.8, 4) is 0 Å². The van der Waals surface area contributed by atoms with Crippen LogP contribution in [0.2, 0.25) is 0 Å². The van der Waals surface area contributed by atoms with Crippen molar-refractivity contribution >= 4 is 39.0 Å². The summed E-state index contributed by atoms with van der Waals surface area (Å²) >= 11 is 4.54. The van der Waals surface area contributed by atoms with Gasteiger partial charge in [-0.25, -0.2) is 0 Å². The summed E-state index contributed by atoms with van der Waals surface area (Å²) in [6, 6.07) is 4.98. The maximum Gasteiger partial charge on any atom is 0.254 e. The van der Waals surface area contributed by atoms with Crippen LogP contribution in [0, 0.1) is 0 Å². The van der Waals surface area contributed by atoms with E-state index in [1.54, 1.807) is 19.1 Å². The Balaban J connectivity index is 1.89. The van der Waals surface area contributed by atoms with Crippen molar-refractivity contribution < 1.29 is 14.0 Å². The number of carbonyl (C=O) groups is 2. The quantitative estimate of drug-likeness (QED) is 0.846. The molecule has 0 aliphatic rings. The Morgan fingerprint density at radius 3 is 2.89 bits per heavy atom. The normalized spacial score (nSPS) is 12.1. The fourth-order valence-corrected chi connectivity index (χ4v) is 2.62. The van der Waals surface area contributed by atoms with Crippen molar-refractivity contribution in [2.45, 2.75) is 19.4 Å². The molecular weight excluding hydrogens is 330 g/mol. The van der Waals surface area contributed by atoms with Gasteiger partial charge < -0.3 is 9.73 Å². The van der Waals surface area contributed by atoms with Gasteiger partial charge in [0.1, 0.15) is 6.26 Å². The first kappa shape index (κ1) is 14.0. The number of hydrogen-bond donors (Lipinski definition) is 1. The number of thiophene rings is 1. The van der Waals surface area contributed by atoms with Gasteiger partial charge in [0.25, 0.3) is 5.91 Å². The lowest BCUT2D eigenvalue weighted by Gasteiger charge is -2.11. The molecule has 2 aromatic heterocycles. The standard InChI is InChI=1S/C13H12BrNO3S/c1-8(5-10(16)11-3-2-4-19-11)15-13(17)9-6-12(14)18-7-9/h2-4,6-8H,5H2,1H3,(H,15,17)/t8-/m1/s1. The molecule has 0 fully saturated rings. The summed E-state index contributed by atoms with van der Waals surface area (Å²) in [5.74, 6) is -0.211. The van der Waals surface area contributed by atoms with Crippen LogP contribution in [0.3, 0.4) is 0 Å². The molecule has 1 N–H and O–H groups in total. The van der Waals surface area contributed by atoms with Crippen LogP contribution in [0.25, 0.3) is 0 Å². The van der Waals surface area contributed by atoms with Crippen molar-refractivity contribution in [1.82, 2.24) is 5.32 Å². The first-order chi connectivity index (χ1) is 9.06. The molecule has 0 saturated heterocycles. The van der Waals surface area contributed by atoms with Gasteiger partial charge in [-0.1, -0.05) is 6.07 Å². The summed E-state index contributed by atoms with van der Waals surface area (Å²) in [5.41, 5.74) is 0.433. The van der Waals surface area contributed by atoms with E-state index in [1.165, 1.54) is 17.6 Å². The molecule has 0 bridgehead atoms. The number of nitrogens with one attached hydrogen (secondary N) is 1. The van der Waals surface area contributed by atoms with Gasteiger partial charge in [0.05, 0.1) is 10.4 Å². The first-order valence-electron chi connectivity index (χ1n) is 5.68. The third-order valence-electron chi connectivity index (χ3n) is 2.49. The summed E-state index contributed by atoms with van der Waals surface area (Å²) in [6.07, 6.45) is 1.65. The Hall–Kier alpha value is -1.40. The largest absolute Gasteiger partial charge is 0.457 e. The van der Waals surface area contributed by atoms with E-state index in [-0.39, 0.29) is 24.2 Å². The van der Waals surface area contributed by atoms with E-state index in [0.717, 1.165) is 0 Å². The van der Waals surface area contributed by atoms with Gasteiger partial charge in [-0.3, -0.25) is 9.59 Å². The van der Waals surface area contributed by atoms with Gasteiger partial charge >= 0.3 is 0 Å². The average molecular weight is 342 g/mol. The Morgan fingerprint density at radius 1 is 1.53 bits per heavy atom. The van der Waals surface area contributed by atoms with Crippen molar-refractivity contribution in [3.05, 3.63) is 45.0 Å². The predicted molar refractivity (Wildman–Crippen MR) is 76.6 cm³/mol. The molecule has 0 radical (unpaired) electrons. The van der Waals surface area contributed by atoms with Gasteiger partial charge in [0, 0.05) is 18.5 Å². The maximum absolute atomic E-state index is 11.9. The molecular formula is C13H12BrNO3S. The highest BCUT2D eigenvalue weighted by molar-refractivity contribution is 9.10. The zero-order valence-electron chi connectivity index (χ0n) is 10.2. The van der Waals surface area contributed by atoms with Crippen molar-refractivity contribution in [2.75, 3.05) is 0 Å². The molecule has 19 heavy (non-hydrogen) atoms. The summed E-state index contributed by atoms with van der Waals surface area (Å²) in [5, 5.41) is 4.63. The Morgan fingerprint density at radius 2 is 2.32 bits per heavy atom. The second-order valence-electron chi connectivity index (χ2n) is 4.12. The van der Waals surface area contributed by atoms with Gasteiger partial charge in [-0.15, -0.1) is 11.3 Å². The smallest absolute Gasteiger partial charge is 0.254 e.